The fourth-order valence-corrected chi connectivity index (χ4v) is 2.23. The summed E-state index contributed by atoms with van der Waals surface area (Å²) >= 11 is 0. The van der Waals surface area contributed by atoms with Gasteiger partial charge in [0.2, 0.25) is 0 Å². The molecule has 1 aliphatic carbocycles. The van der Waals surface area contributed by atoms with Crippen LogP contribution in [0.5, 0.6) is 0 Å². The molecule has 2 N–H and O–H groups in total. The van der Waals surface area contributed by atoms with Gasteiger partial charge in [0, 0.05) is 0 Å². The average Bonchev–Trinajstić information content (AvgIpc) is 2.90. The first-order chi connectivity index (χ1) is 6.23. The van der Waals surface area contributed by atoms with Gasteiger partial charge in [-0.1, -0.05) is 12.8 Å². The quantitative estimate of drug-likeness (QED) is 0.695. The molecule has 3 heteroatoms. The zero-order valence-electron chi connectivity index (χ0n) is 7.88. The number of carboxylic acids is 1. The van der Waals surface area contributed by atoms with E-state index >= 15 is 0 Å². The summed E-state index contributed by atoms with van der Waals surface area (Å²) in [6, 6.07) is 0. The van der Waals surface area contributed by atoms with Crippen molar-refractivity contribution in [2.75, 3.05) is 6.54 Å². The summed E-state index contributed by atoms with van der Waals surface area (Å²) in [5, 5.41) is 12.4. The second-order valence-electron chi connectivity index (χ2n) is 4.42. The third kappa shape index (κ3) is 1.85. The molecule has 3 nitrogen and oxygen atoms in total. The highest BCUT2D eigenvalue weighted by Crippen LogP contribution is 2.39. The van der Waals surface area contributed by atoms with E-state index in [2.05, 4.69) is 5.32 Å². The molecular formula is C10H17NO2. The fourth-order valence-electron chi connectivity index (χ4n) is 2.23. The lowest BCUT2D eigenvalue weighted by Crippen LogP contribution is -2.55. The Kier molecular flexibility index (Phi) is 2.28. The zero-order chi connectivity index (χ0) is 9.31. The van der Waals surface area contributed by atoms with Crippen molar-refractivity contribution in [3.8, 4) is 0 Å². The predicted octanol–water partition coefficient (Wildman–Crippen LogP) is 1.38. The normalized spacial score (nSPS) is 34.5. The molecule has 1 atom stereocenters. The maximum absolute atomic E-state index is 11.2. The molecule has 0 aromatic heterocycles. The van der Waals surface area contributed by atoms with Gasteiger partial charge in [0.1, 0.15) is 5.54 Å². The minimum atomic E-state index is -0.640. The minimum absolute atomic E-state index is 0.570. The lowest BCUT2D eigenvalue weighted by molar-refractivity contribution is -0.146. The van der Waals surface area contributed by atoms with E-state index in [9.17, 15) is 9.90 Å². The molecule has 74 valence electrons. The van der Waals surface area contributed by atoms with Crippen LogP contribution in [0.2, 0.25) is 0 Å². The molecule has 0 aromatic carbocycles. The molecule has 0 amide bonds. The highest BCUT2D eigenvalue weighted by molar-refractivity contribution is 5.79. The monoisotopic (exact) mass is 183 g/mol. The van der Waals surface area contributed by atoms with Gasteiger partial charge in [0.25, 0.3) is 0 Å². The Morgan fingerprint density at radius 1 is 1.46 bits per heavy atom. The van der Waals surface area contributed by atoms with E-state index in [1.165, 1.54) is 12.8 Å². The molecule has 0 aromatic rings. The third-order valence-corrected chi connectivity index (χ3v) is 3.24. The standard InChI is InChI=1S/C10H17NO2/c12-9(13)10(7-8-3-4-8)5-1-2-6-11-10/h8,11H,1-7H2,(H,12,13). The van der Waals surface area contributed by atoms with Crippen molar-refractivity contribution in [2.45, 2.75) is 44.1 Å². The summed E-state index contributed by atoms with van der Waals surface area (Å²) in [6.45, 7) is 0.874. The van der Waals surface area contributed by atoms with E-state index in [-0.39, 0.29) is 0 Å². The summed E-state index contributed by atoms with van der Waals surface area (Å²) in [5.41, 5.74) is -0.570. The van der Waals surface area contributed by atoms with Crippen molar-refractivity contribution in [2.24, 2.45) is 5.92 Å². The second-order valence-corrected chi connectivity index (χ2v) is 4.42. The van der Waals surface area contributed by atoms with Crippen molar-refractivity contribution < 1.29 is 9.90 Å². The van der Waals surface area contributed by atoms with Crippen molar-refractivity contribution in [3.05, 3.63) is 0 Å². The summed E-state index contributed by atoms with van der Waals surface area (Å²) in [5.74, 6) is 0.0424. The molecule has 1 aliphatic heterocycles. The molecule has 1 heterocycles. The lowest BCUT2D eigenvalue weighted by Gasteiger charge is -2.34. The van der Waals surface area contributed by atoms with Crippen LogP contribution in [-0.4, -0.2) is 23.2 Å². The van der Waals surface area contributed by atoms with E-state index in [1.807, 2.05) is 0 Å². The van der Waals surface area contributed by atoms with E-state index in [0.717, 1.165) is 32.2 Å². The first-order valence-electron chi connectivity index (χ1n) is 5.21. The Morgan fingerprint density at radius 2 is 2.23 bits per heavy atom. The fraction of sp³-hybridized carbons (Fsp3) is 0.900. The number of aliphatic carboxylic acids is 1. The van der Waals surface area contributed by atoms with Crippen molar-refractivity contribution in [3.63, 3.8) is 0 Å². The first-order valence-corrected chi connectivity index (χ1v) is 5.21. The molecule has 1 saturated heterocycles. The number of carbonyl (C=O) groups is 1. The molecule has 2 rings (SSSR count). The van der Waals surface area contributed by atoms with E-state index in [1.54, 1.807) is 0 Å². The third-order valence-electron chi connectivity index (χ3n) is 3.24. The number of nitrogens with one attached hydrogen (secondary N) is 1. The van der Waals surface area contributed by atoms with Crippen LogP contribution in [0.15, 0.2) is 0 Å². The van der Waals surface area contributed by atoms with Crippen LogP contribution in [0.1, 0.15) is 38.5 Å². The van der Waals surface area contributed by atoms with Crippen LogP contribution in [-0.2, 0) is 4.79 Å². The number of hydrogen-bond acceptors (Lipinski definition) is 2. The van der Waals surface area contributed by atoms with Crippen LogP contribution < -0.4 is 5.32 Å². The number of hydrogen-bond donors (Lipinski definition) is 2. The van der Waals surface area contributed by atoms with Crippen LogP contribution in [0.3, 0.4) is 0 Å². The highest BCUT2D eigenvalue weighted by Gasteiger charge is 2.43. The first kappa shape index (κ1) is 9.00. The SMILES string of the molecule is O=C(O)C1(CC2CC2)CCCCN1. The van der Waals surface area contributed by atoms with Crippen molar-refractivity contribution in [1.82, 2.24) is 5.32 Å². The van der Waals surface area contributed by atoms with Crippen LogP contribution >= 0.6 is 0 Å². The Bertz CT molecular complexity index is 205. The van der Waals surface area contributed by atoms with Gasteiger partial charge in [-0.3, -0.25) is 4.79 Å². The Morgan fingerprint density at radius 3 is 2.69 bits per heavy atom. The van der Waals surface area contributed by atoms with E-state index in [4.69, 9.17) is 0 Å². The topological polar surface area (TPSA) is 49.3 Å². The van der Waals surface area contributed by atoms with Gasteiger partial charge in [-0.05, 0) is 38.1 Å². The van der Waals surface area contributed by atoms with E-state index < -0.39 is 11.5 Å². The number of carboxylic acid groups (broad SMARTS) is 1. The summed E-state index contributed by atoms with van der Waals surface area (Å²) < 4.78 is 0. The molecule has 2 fully saturated rings. The largest absolute Gasteiger partial charge is 0.480 e. The van der Waals surface area contributed by atoms with Crippen LogP contribution in [0.25, 0.3) is 0 Å². The minimum Gasteiger partial charge on any atom is -0.480 e. The molecule has 0 bridgehead atoms. The maximum atomic E-state index is 11.2. The smallest absolute Gasteiger partial charge is 0.323 e. The summed E-state index contributed by atoms with van der Waals surface area (Å²) in [4.78, 5) is 11.2. The summed E-state index contributed by atoms with van der Waals surface area (Å²) in [7, 11) is 0. The number of piperidine rings is 1. The summed E-state index contributed by atoms with van der Waals surface area (Å²) in [6.07, 6.45) is 6.32. The van der Waals surface area contributed by atoms with Gasteiger partial charge in [0.05, 0.1) is 0 Å². The van der Waals surface area contributed by atoms with Gasteiger partial charge >= 0.3 is 5.97 Å². The molecule has 13 heavy (non-hydrogen) atoms. The molecule has 1 saturated carbocycles. The van der Waals surface area contributed by atoms with Gasteiger partial charge in [-0.2, -0.15) is 0 Å². The van der Waals surface area contributed by atoms with Crippen LogP contribution in [0.4, 0.5) is 0 Å². The van der Waals surface area contributed by atoms with Gasteiger partial charge in [-0.15, -0.1) is 0 Å². The van der Waals surface area contributed by atoms with Gasteiger partial charge in [0.15, 0.2) is 0 Å². The highest BCUT2D eigenvalue weighted by atomic mass is 16.4. The number of rotatable bonds is 3. The second kappa shape index (κ2) is 3.29. The van der Waals surface area contributed by atoms with Crippen molar-refractivity contribution in [1.29, 1.82) is 0 Å². The van der Waals surface area contributed by atoms with Gasteiger partial charge < -0.3 is 10.4 Å². The van der Waals surface area contributed by atoms with Gasteiger partial charge in [-0.25, -0.2) is 0 Å². The molecule has 0 spiro atoms. The molecule has 0 radical (unpaired) electrons. The lowest BCUT2D eigenvalue weighted by atomic mass is 9.84. The molecule has 1 unspecified atom stereocenters. The predicted molar refractivity (Wildman–Crippen MR) is 49.6 cm³/mol. The van der Waals surface area contributed by atoms with Crippen molar-refractivity contribution >= 4 is 5.97 Å². The Hall–Kier alpha value is -0.570. The average molecular weight is 183 g/mol. The molecular weight excluding hydrogens is 166 g/mol. The zero-order valence-corrected chi connectivity index (χ0v) is 7.88. The van der Waals surface area contributed by atoms with Crippen LogP contribution in [0, 0.1) is 5.92 Å². The Balaban J connectivity index is 2.02. The van der Waals surface area contributed by atoms with E-state index in [0.29, 0.717) is 5.92 Å². The maximum Gasteiger partial charge on any atom is 0.323 e. The molecule has 2 aliphatic rings. The Labute approximate surface area is 78.5 Å².